The van der Waals surface area contributed by atoms with E-state index in [1.165, 1.54) is 29.2 Å². The Morgan fingerprint density at radius 2 is 2.07 bits per heavy atom. The molecule has 2 rings (SSSR count). The van der Waals surface area contributed by atoms with Gasteiger partial charge in [-0.3, -0.25) is 9.89 Å². The molecule has 0 aromatic heterocycles. The Labute approximate surface area is 161 Å². The largest absolute Gasteiger partial charge is 0.491 e. The van der Waals surface area contributed by atoms with Gasteiger partial charge in [-0.05, 0) is 37.6 Å². The predicted molar refractivity (Wildman–Crippen MR) is 97.9 cm³/mol. The monoisotopic (exact) mass is 406 g/mol. The number of guanidine groups is 1. The third-order valence-corrected chi connectivity index (χ3v) is 4.08. The molecule has 1 heterocycles. The Bertz CT molecular complexity index is 625. The zero-order valence-corrected chi connectivity index (χ0v) is 15.7. The van der Waals surface area contributed by atoms with E-state index in [1.807, 2.05) is 6.92 Å². The maximum atomic E-state index is 12.8. The average molecular weight is 406 g/mol. The normalized spacial score (nSPS) is 19.5. The van der Waals surface area contributed by atoms with E-state index in [0.29, 0.717) is 31.2 Å². The van der Waals surface area contributed by atoms with Crippen molar-refractivity contribution in [3.05, 3.63) is 30.1 Å². The number of aliphatic hydroxyl groups excluding tert-OH is 1. The SMILES string of the molecule is CCNC(=NCC(O)COc1ccc(F)cc1)NC1CCN(CC(F)(F)F)C1. The van der Waals surface area contributed by atoms with Crippen LogP contribution in [-0.4, -0.2) is 73.6 Å². The fourth-order valence-corrected chi connectivity index (χ4v) is 2.83. The molecule has 0 amide bonds. The fraction of sp³-hybridized carbons (Fsp3) is 0.611. The number of aliphatic imine (C=N–C) groups is 1. The highest BCUT2D eigenvalue weighted by Gasteiger charge is 2.34. The molecule has 1 fully saturated rings. The van der Waals surface area contributed by atoms with E-state index >= 15 is 0 Å². The van der Waals surface area contributed by atoms with Crippen LogP contribution >= 0.6 is 0 Å². The van der Waals surface area contributed by atoms with Crippen LogP contribution in [-0.2, 0) is 0 Å². The number of rotatable bonds is 8. The van der Waals surface area contributed by atoms with Gasteiger partial charge in [0, 0.05) is 25.7 Å². The highest BCUT2D eigenvalue weighted by atomic mass is 19.4. The van der Waals surface area contributed by atoms with Gasteiger partial charge in [-0.2, -0.15) is 13.2 Å². The van der Waals surface area contributed by atoms with Gasteiger partial charge in [-0.1, -0.05) is 0 Å². The van der Waals surface area contributed by atoms with Crippen LogP contribution in [0.15, 0.2) is 29.3 Å². The molecule has 0 spiro atoms. The van der Waals surface area contributed by atoms with Crippen molar-refractivity contribution in [1.29, 1.82) is 0 Å². The summed E-state index contributed by atoms with van der Waals surface area (Å²) in [5, 5.41) is 16.1. The first-order valence-electron chi connectivity index (χ1n) is 9.15. The van der Waals surface area contributed by atoms with E-state index in [9.17, 15) is 22.7 Å². The minimum absolute atomic E-state index is 0.0165. The van der Waals surface area contributed by atoms with Crippen molar-refractivity contribution in [1.82, 2.24) is 15.5 Å². The van der Waals surface area contributed by atoms with E-state index < -0.39 is 18.8 Å². The van der Waals surface area contributed by atoms with Gasteiger partial charge in [0.15, 0.2) is 5.96 Å². The van der Waals surface area contributed by atoms with Crippen molar-refractivity contribution in [2.75, 3.05) is 39.3 Å². The predicted octanol–water partition coefficient (Wildman–Crippen LogP) is 1.76. The lowest BCUT2D eigenvalue weighted by molar-refractivity contribution is -0.143. The lowest BCUT2D eigenvalue weighted by Crippen LogP contribution is -2.45. The van der Waals surface area contributed by atoms with Crippen molar-refractivity contribution >= 4 is 5.96 Å². The van der Waals surface area contributed by atoms with Crippen LogP contribution in [0.25, 0.3) is 0 Å². The maximum Gasteiger partial charge on any atom is 0.401 e. The number of ether oxygens (including phenoxy) is 1. The van der Waals surface area contributed by atoms with E-state index in [4.69, 9.17) is 4.74 Å². The van der Waals surface area contributed by atoms with Crippen molar-refractivity contribution in [2.45, 2.75) is 31.7 Å². The van der Waals surface area contributed by atoms with Crippen molar-refractivity contribution < 1.29 is 27.4 Å². The van der Waals surface area contributed by atoms with Crippen molar-refractivity contribution in [2.24, 2.45) is 4.99 Å². The molecule has 10 heteroatoms. The quantitative estimate of drug-likeness (QED) is 0.349. The number of nitrogens with one attached hydrogen (secondary N) is 2. The fourth-order valence-electron chi connectivity index (χ4n) is 2.83. The second kappa shape index (κ2) is 10.5. The molecule has 158 valence electrons. The smallest absolute Gasteiger partial charge is 0.401 e. The number of hydrogen-bond donors (Lipinski definition) is 3. The summed E-state index contributed by atoms with van der Waals surface area (Å²) in [6.07, 6.45) is -4.51. The molecule has 2 unspecified atom stereocenters. The standard InChI is InChI=1S/C18H26F4N4O2/c1-2-23-17(25-14-7-8-26(10-14)12-18(20,21)22)24-9-15(27)11-28-16-5-3-13(19)4-6-16/h3-6,14-15,27H,2,7-12H2,1H3,(H2,23,24,25). The van der Waals surface area contributed by atoms with Crippen LogP contribution in [0.4, 0.5) is 17.6 Å². The van der Waals surface area contributed by atoms with Crippen LogP contribution in [0, 0.1) is 5.82 Å². The molecule has 0 radical (unpaired) electrons. The summed E-state index contributed by atoms with van der Waals surface area (Å²) in [5.74, 6) is 0.493. The molecule has 0 aliphatic carbocycles. The molecule has 0 saturated carbocycles. The second-order valence-corrected chi connectivity index (χ2v) is 6.62. The first-order chi connectivity index (χ1) is 13.2. The third-order valence-electron chi connectivity index (χ3n) is 4.08. The van der Waals surface area contributed by atoms with Gasteiger partial charge in [0.2, 0.25) is 0 Å². The zero-order valence-electron chi connectivity index (χ0n) is 15.7. The van der Waals surface area contributed by atoms with Crippen LogP contribution < -0.4 is 15.4 Å². The molecular formula is C18H26F4N4O2. The summed E-state index contributed by atoms with van der Waals surface area (Å²) in [5.41, 5.74) is 0. The minimum atomic E-state index is -4.21. The number of aliphatic hydroxyl groups is 1. The van der Waals surface area contributed by atoms with Crippen LogP contribution in [0.5, 0.6) is 5.75 Å². The van der Waals surface area contributed by atoms with Gasteiger partial charge >= 0.3 is 6.18 Å². The number of halogens is 4. The molecule has 6 nitrogen and oxygen atoms in total. The average Bonchev–Trinajstić information content (AvgIpc) is 3.04. The molecule has 1 saturated heterocycles. The summed E-state index contributed by atoms with van der Waals surface area (Å²) < 4.78 is 55.7. The zero-order chi connectivity index (χ0) is 20.6. The van der Waals surface area contributed by atoms with Crippen molar-refractivity contribution in [3.63, 3.8) is 0 Å². The highest BCUT2D eigenvalue weighted by molar-refractivity contribution is 5.80. The Balaban J connectivity index is 1.78. The molecule has 0 bridgehead atoms. The van der Waals surface area contributed by atoms with E-state index in [1.54, 1.807) is 0 Å². The summed E-state index contributed by atoms with van der Waals surface area (Å²) in [6.45, 7) is 2.21. The van der Waals surface area contributed by atoms with E-state index in [-0.39, 0.29) is 31.6 Å². The van der Waals surface area contributed by atoms with Gasteiger partial charge in [0.1, 0.15) is 24.3 Å². The highest BCUT2D eigenvalue weighted by Crippen LogP contribution is 2.19. The molecule has 1 aliphatic rings. The molecule has 1 aromatic rings. The molecular weight excluding hydrogens is 380 g/mol. The Morgan fingerprint density at radius 1 is 1.36 bits per heavy atom. The summed E-state index contributed by atoms with van der Waals surface area (Å²) in [4.78, 5) is 5.62. The number of likely N-dealkylation sites (tertiary alicyclic amines) is 1. The minimum Gasteiger partial charge on any atom is -0.491 e. The molecule has 1 aromatic carbocycles. The Morgan fingerprint density at radius 3 is 2.71 bits per heavy atom. The molecule has 1 aliphatic heterocycles. The summed E-state index contributed by atoms with van der Waals surface area (Å²) in [7, 11) is 0. The van der Waals surface area contributed by atoms with Gasteiger partial charge in [-0.15, -0.1) is 0 Å². The second-order valence-electron chi connectivity index (χ2n) is 6.62. The lowest BCUT2D eigenvalue weighted by atomic mass is 10.3. The first-order valence-corrected chi connectivity index (χ1v) is 9.15. The Hall–Kier alpha value is -2.07. The topological polar surface area (TPSA) is 69.1 Å². The van der Waals surface area contributed by atoms with E-state index in [0.717, 1.165) is 0 Å². The lowest BCUT2D eigenvalue weighted by Gasteiger charge is -2.20. The molecule has 2 atom stereocenters. The van der Waals surface area contributed by atoms with Crippen LogP contribution in [0.1, 0.15) is 13.3 Å². The summed E-state index contributed by atoms with van der Waals surface area (Å²) >= 11 is 0. The molecule has 28 heavy (non-hydrogen) atoms. The maximum absolute atomic E-state index is 12.8. The van der Waals surface area contributed by atoms with Crippen molar-refractivity contribution in [3.8, 4) is 5.75 Å². The van der Waals surface area contributed by atoms with Crippen LogP contribution in [0.3, 0.4) is 0 Å². The van der Waals surface area contributed by atoms with E-state index in [2.05, 4.69) is 15.6 Å². The number of hydrogen-bond acceptors (Lipinski definition) is 4. The number of benzene rings is 1. The van der Waals surface area contributed by atoms with Gasteiger partial charge < -0.3 is 20.5 Å². The van der Waals surface area contributed by atoms with Crippen LogP contribution in [0.2, 0.25) is 0 Å². The van der Waals surface area contributed by atoms with Gasteiger partial charge in [0.05, 0.1) is 13.1 Å². The third kappa shape index (κ3) is 8.30. The first kappa shape index (κ1) is 22.2. The Kier molecular flexibility index (Phi) is 8.31. The molecule has 3 N–H and O–H groups in total. The number of nitrogens with zero attached hydrogens (tertiary/aromatic N) is 2. The number of alkyl halides is 3. The summed E-state index contributed by atoms with van der Waals surface area (Å²) in [6, 6.07) is 5.30. The van der Waals surface area contributed by atoms with Gasteiger partial charge in [-0.25, -0.2) is 4.39 Å². The van der Waals surface area contributed by atoms with Gasteiger partial charge in [0.25, 0.3) is 0 Å².